The maximum absolute atomic E-state index is 13.1. The third-order valence-electron chi connectivity index (χ3n) is 5.21. The van der Waals surface area contributed by atoms with Crippen LogP contribution in [0.1, 0.15) is 27.2 Å². The van der Waals surface area contributed by atoms with Crippen LogP contribution in [0.15, 0.2) is 42.7 Å². The van der Waals surface area contributed by atoms with Gasteiger partial charge in [-0.05, 0) is 37.6 Å². The molecule has 0 atom stereocenters. The predicted octanol–water partition coefficient (Wildman–Crippen LogP) is 2.82. The molecule has 148 valence electrons. The van der Waals surface area contributed by atoms with Crippen LogP contribution in [0.5, 0.6) is 5.75 Å². The summed E-state index contributed by atoms with van der Waals surface area (Å²) >= 11 is 0. The Bertz CT molecular complexity index is 1070. The number of pyridine rings is 1. The standard InChI is InChI=1S/C22H23N5O2/c1-14-16(7-4-8-19(14)28)22(29)27-11-9-17-18(13-27)24-20(25-21(17)26(2)3)15-6-5-10-23-12-15/h4-8,10,12,28H,9,11,13H2,1-3H3. The number of aromatic hydroxyl groups is 1. The van der Waals surface area contributed by atoms with E-state index in [1.807, 2.05) is 31.1 Å². The second kappa shape index (κ2) is 7.50. The maximum atomic E-state index is 13.1. The van der Waals surface area contributed by atoms with Gasteiger partial charge < -0.3 is 14.9 Å². The predicted molar refractivity (Wildman–Crippen MR) is 111 cm³/mol. The number of benzene rings is 1. The number of amides is 1. The Morgan fingerprint density at radius 3 is 2.72 bits per heavy atom. The van der Waals surface area contributed by atoms with E-state index in [4.69, 9.17) is 9.97 Å². The lowest BCUT2D eigenvalue weighted by molar-refractivity contribution is 0.0730. The van der Waals surface area contributed by atoms with E-state index in [1.54, 1.807) is 42.4 Å². The van der Waals surface area contributed by atoms with Crippen LogP contribution >= 0.6 is 0 Å². The van der Waals surface area contributed by atoms with E-state index in [0.29, 0.717) is 36.5 Å². The number of aromatic nitrogens is 3. The van der Waals surface area contributed by atoms with Gasteiger partial charge in [0.2, 0.25) is 0 Å². The molecule has 3 heterocycles. The first-order valence-corrected chi connectivity index (χ1v) is 9.51. The average molecular weight is 389 g/mol. The number of phenols is 1. The van der Waals surface area contributed by atoms with Crippen LogP contribution in [0.25, 0.3) is 11.4 Å². The van der Waals surface area contributed by atoms with Crippen molar-refractivity contribution < 1.29 is 9.90 Å². The Morgan fingerprint density at radius 2 is 2.00 bits per heavy atom. The van der Waals surface area contributed by atoms with E-state index in [0.717, 1.165) is 22.6 Å². The van der Waals surface area contributed by atoms with Gasteiger partial charge in [-0.1, -0.05) is 6.07 Å². The van der Waals surface area contributed by atoms with Crippen molar-refractivity contribution in [3.05, 3.63) is 65.1 Å². The largest absolute Gasteiger partial charge is 0.508 e. The van der Waals surface area contributed by atoms with Crippen LogP contribution in [0, 0.1) is 6.92 Å². The van der Waals surface area contributed by atoms with Crippen molar-refractivity contribution in [2.75, 3.05) is 25.5 Å². The fraction of sp³-hybridized carbons (Fsp3) is 0.273. The fourth-order valence-electron chi connectivity index (χ4n) is 3.60. The number of hydrogen-bond donors (Lipinski definition) is 1. The van der Waals surface area contributed by atoms with Crippen LogP contribution in [-0.2, 0) is 13.0 Å². The summed E-state index contributed by atoms with van der Waals surface area (Å²) in [6.45, 7) is 2.74. The van der Waals surface area contributed by atoms with Crippen molar-refractivity contribution in [2.24, 2.45) is 0 Å². The second-order valence-electron chi connectivity index (χ2n) is 7.36. The van der Waals surface area contributed by atoms with E-state index in [-0.39, 0.29) is 11.7 Å². The van der Waals surface area contributed by atoms with Crippen molar-refractivity contribution >= 4 is 11.7 Å². The topological polar surface area (TPSA) is 82.4 Å². The van der Waals surface area contributed by atoms with E-state index in [9.17, 15) is 9.90 Å². The third-order valence-corrected chi connectivity index (χ3v) is 5.21. The molecule has 3 aromatic rings. The van der Waals surface area contributed by atoms with Crippen molar-refractivity contribution in [3.63, 3.8) is 0 Å². The molecule has 0 spiro atoms. The Balaban J connectivity index is 1.72. The first-order valence-electron chi connectivity index (χ1n) is 9.51. The average Bonchev–Trinajstić information content (AvgIpc) is 2.74. The number of nitrogens with zero attached hydrogens (tertiary/aromatic N) is 5. The molecule has 1 amide bonds. The molecule has 0 bridgehead atoms. The normalized spacial score (nSPS) is 13.1. The van der Waals surface area contributed by atoms with Crippen LogP contribution in [0.3, 0.4) is 0 Å². The number of carbonyl (C=O) groups excluding carboxylic acids is 1. The van der Waals surface area contributed by atoms with Crippen molar-refractivity contribution in [2.45, 2.75) is 19.9 Å². The van der Waals surface area contributed by atoms with Gasteiger partial charge in [-0.2, -0.15) is 0 Å². The summed E-state index contributed by atoms with van der Waals surface area (Å²) in [5.74, 6) is 1.50. The maximum Gasteiger partial charge on any atom is 0.254 e. The molecule has 7 nitrogen and oxygen atoms in total. The first kappa shape index (κ1) is 18.9. The van der Waals surface area contributed by atoms with Gasteiger partial charge in [-0.3, -0.25) is 9.78 Å². The molecular formula is C22H23N5O2. The van der Waals surface area contributed by atoms with Gasteiger partial charge >= 0.3 is 0 Å². The Morgan fingerprint density at radius 1 is 1.17 bits per heavy atom. The smallest absolute Gasteiger partial charge is 0.254 e. The molecule has 1 N–H and O–H groups in total. The fourth-order valence-corrected chi connectivity index (χ4v) is 3.60. The molecule has 7 heteroatoms. The number of carbonyl (C=O) groups is 1. The Labute approximate surface area is 169 Å². The summed E-state index contributed by atoms with van der Waals surface area (Å²) in [5, 5.41) is 9.96. The lowest BCUT2D eigenvalue weighted by atomic mass is 10.0. The van der Waals surface area contributed by atoms with Gasteiger partial charge in [0.1, 0.15) is 11.6 Å². The quantitative estimate of drug-likeness (QED) is 0.742. The van der Waals surface area contributed by atoms with E-state index in [1.165, 1.54) is 0 Å². The number of anilines is 1. The molecule has 0 aliphatic carbocycles. The van der Waals surface area contributed by atoms with Crippen molar-refractivity contribution in [1.82, 2.24) is 19.9 Å². The van der Waals surface area contributed by atoms with Crippen LogP contribution in [0.2, 0.25) is 0 Å². The van der Waals surface area contributed by atoms with Crippen molar-refractivity contribution in [1.29, 1.82) is 0 Å². The first-order chi connectivity index (χ1) is 14.0. The van der Waals surface area contributed by atoms with Crippen LogP contribution in [0.4, 0.5) is 5.82 Å². The summed E-state index contributed by atoms with van der Waals surface area (Å²) in [5.41, 5.74) is 3.86. The number of fused-ring (bicyclic) bond motifs is 1. The zero-order chi connectivity index (χ0) is 20.5. The zero-order valence-corrected chi connectivity index (χ0v) is 16.8. The van der Waals surface area contributed by atoms with Gasteiger partial charge in [0, 0.05) is 55.3 Å². The second-order valence-corrected chi connectivity index (χ2v) is 7.36. The summed E-state index contributed by atoms with van der Waals surface area (Å²) in [6.07, 6.45) is 4.13. The van der Waals surface area contributed by atoms with Gasteiger partial charge in [0.25, 0.3) is 5.91 Å². The molecule has 0 radical (unpaired) electrons. The van der Waals surface area contributed by atoms with Gasteiger partial charge in [0.05, 0.1) is 12.2 Å². The number of hydrogen-bond acceptors (Lipinski definition) is 6. The van der Waals surface area contributed by atoms with Gasteiger partial charge in [0.15, 0.2) is 5.82 Å². The molecule has 1 aliphatic heterocycles. The highest BCUT2D eigenvalue weighted by Crippen LogP contribution is 2.30. The molecule has 0 fully saturated rings. The highest BCUT2D eigenvalue weighted by molar-refractivity contribution is 5.96. The summed E-state index contributed by atoms with van der Waals surface area (Å²) < 4.78 is 0. The lowest BCUT2D eigenvalue weighted by Crippen LogP contribution is -2.37. The minimum Gasteiger partial charge on any atom is -0.508 e. The monoisotopic (exact) mass is 389 g/mol. The van der Waals surface area contributed by atoms with Gasteiger partial charge in [-0.15, -0.1) is 0 Å². The molecule has 0 saturated carbocycles. The number of rotatable bonds is 3. The SMILES string of the molecule is Cc1c(O)cccc1C(=O)N1CCc2c(nc(-c3cccnc3)nc2N(C)C)C1. The minimum absolute atomic E-state index is 0.100. The summed E-state index contributed by atoms with van der Waals surface area (Å²) in [6, 6.07) is 8.82. The molecule has 2 aromatic heterocycles. The van der Waals surface area contributed by atoms with Gasteiger partial charge in [-0.25, -0.2) is 9.97 Å². The molecular weight excluding hydrogens is 366 g/mol. The van der Waals surface area contributed by atoms with E-state index in [2.05, 4.69) is 4.98 Å². The van der Waals surface area contributed by atoms with Crippen LogP contribution < -0.4 is 4.90 Å². The molecule has 0 unspecified atom stereocenters. The molecule has 29 heavy (non-hydrogen) atoms. The molecule has 4 rings (SSSR count). The molecule has 1 aromatic carbocycles. The summed E-state index contributed by atoms with van der Waals surface area (Å²) in [7, 11) is 3.92. The van der Waals surface area contributed by atoms with Crippen LogP contribution in [-0.4, -0.2) is 51.5 Å². The Hall–Kier alpha value is -3.48. The zero-order valence-electron chi connectivity index (χ0n) is 16.8. The minimum atomic E-state index is -0.100. The van der Waals surface area contributed by atoms with E-state index >= 15 is 0 Å². The Kier molecular flexibility index (Phi) is 4.88. The molecule has 1 aliphatic rings. The highest BCUT2D eigenvalue weighted by atomic mass is 16.3. The molecule has 0 saturated heterocycles. The highest BCUT2D eigenvalue weighted by Gasteiger charge is 2.28. The van der Waals surface area contributed by atoms with E-state index < -0.39 is 0 Å². The third kappa shape index (κ3) is 3.51. The van der Waals surface area contributed by atoms with Crippen molar-refractivity contribution in [3.8, 4) is 17.1 Å². The summed E-state index contributed by atoms with van der Waals surface area (Å²) in [4.78, 5) is 30.6. The number of phenolic OH excluding ortho intramolecular Hbond substituents is 1. The lowest BCUT2D eigenvalue weighted by Gasteiger charge is -2.31.